The summed E-state index contributed by atoms with van der Waals surface area (Å²) in [7, 11) is 0. The van der Waals surface area contributed by atoms with Crippen LogP contribution in [-0.2, 0) is 4.74 Å². The molecule has 2 N–H and O–H groups in total. The van der Waals surface area contributed by atoms with Gasteiger partial charge < -0.3 is 19.8 Å². The van der Waals surface area contributed by atoms with E-state index in [9.17, 15) is 0 Å². The second-order valence-electron chi connectivity index (χ2n) is 4.34. The van der Waals surface area contributed by atoms with Gasteiger partial charge >= 0.3 is 6.01 Å². The van der Waals surface area contributed by atoms with Gasteiger partial charge in [-0.15, -0.1) is 5.10 Å². The number of nitrogens with zero attached hydrogens (tertiary/aromatic N) is 2. The van der Waals surface area contributed by atoms with Gasteiger partial charge in [-0.2, -0.15) is 0 Å². The molecule has 1 aliphatic rings. The van der Waals surface area contributed by atoms with E-state index in [0.717, 1.165) is 19.6 Å². The lowest BCUT2D eigenvalue weighted by Gasteiger charge is -2.13. The van der Waals surface area contributed by atoms with Gasteiger partial charge in [0.2, 0.25) is 5.89 Å². The van der Waals surface area contributed by atoms with E-state index in [4.69, 9.17) is 9.15 Å². The highest BCUT2D eigenvalue weighted by Crippen LogP contribution is 2.19. The summed E-state index contributed by atoms with van der Waals surface area (Å²) in [6.07, 6.45) is 1.17. The van der Waals surface area contributed by atoms with Crippen molar-refractivity contribution >= 4 is 6.01 Å². The molecule has 0 amide bonds. The zero-order valence-corrected chi connectivity index (χ0v) is 10.6. The molecule has 3 unspecified atom stereocenters. The fourth-order valence-electron chi connectivity index (χ4n) is 1.94. The summed E-state index contributed by atoms with van der Waals surface area (Å²) in [5.41, 5.74) is 0. The van der Waals surface area contributed by atoms with Crippen LogP contribution in [0, 0.1) is 0 Å². The van der Waals surface area contributed by atoms with Gasteiger partial charge in [-0.3, -0.25) is 0 Å². The zero-order chi connectivity index (χ0) is 12.3. The Hall–Kier alpha value is -1.14. The molecule has 1 aromatic heterocycles. The van der Waals surface area contributed by atoms with Crippen molar-refractivity contribution in [3.05, 3.63) is 5.89 Å². The number of hydrogen-bond donors (Lipinski definition) is 2. The van der Waals surface area contributed by atoms with Crippen molar-refractivity contribution in [1.29, 1.82) is 0 Å². The lowest BCUT2D eigenvalue weighted by molar-refractivity contribution is 0.121. The highest BCUT2D eigenvalue weighted by atomic mass is 16.5. The molecule has 96 valence electrons. The molecule has 2 heterocycles. The second kappa shape index (κ2) is 5.46. The third-order valence-corrected chi connectivity index (χ3v) is 3.01. The normalized spacial score (nSPS) is 26.1. The predicted octanol–water partition coefficient (Wildman–Crippen LogP) is 1.33. The first kappa shape index (κ1) is 12.3. The maximum atomic E-state index is 5.56. The first-order valence-electron chi connectivity index (χ1n) is 6.15. The minimum atomic E-state index is 0.0836. The number of ether oxygens (including phenoxy) is 1. The van der Waals surface area contributed by atoms with Crippen LogP contribution in [0.3, 0.4) is 0 Å². The van der Waals surface area contributed by atoms with Crippen molar-refractivity contribution in [2.75, 3.05) is 18.5 Å². The Bertz CT molecular complexity index is 355. The van der Waals surface area contributed by atoms with Gasteiger partial charge in [-0.1, -0.05) is 12.0 Å². The van der Waals surface area contributed by atoms with Crippen LogP contribution in [0.5, 0.6) is 0 Å². The molecule has 17 heavy (non-hydrogen) atoms. The Morgan fingerprint density at radius 3 is 2.94 bits per heavy atom. The molecule has 0 spiro atoms. The van der Waals surface area contributed by atoms with E-state index in [1.807, 2.05) is 20.8 Å². The van der Waals surface area contributed by atoms with Crippen LogP contribution in [0.25, 0.3) is 0 Å². The third kappa shape index (κ3) is 2.95. The van der Waals surface area contributed by atoms with Gasteiger partial charge in [0.25, 0.3) is 0 Å². The van der Waals surface area contributed by atoms with E-state index < -0.39 is 0 Å². The number of rotatable bonds is 5. The highest BCUT2D eigenvalue weighted by Gasteiger charge is 2.25. The Balaban J connectivity index is 1.93. The lowest BCUT2D eigenvalue weighted by Crippen LogP contribution is -2.26. The minimum Gasteiger partial charge on any atom is -0.406 e. The van der Waals surface area contributed by atoms with E-state index in [2.05, 4.69) is 20.8 Å². The van der Waals surface area contributed by atoms with Crippen LogP contribution < -0.4 is 10.6 Å². The van der Waals surface area contributed by atoms with Crippen molar-refractivity contribution in [1.82, 2.24) is 15.5 Å². The number of nitrogens with one attached hydrogen (secondary N) is 2. The molecule has 6 heteroatoms. The Labute approximate surface area is 101 Å². The topological polar surface area (TPSA) is 72.2 Å². The van der Waals surface area contributed by atoms with E-state index in [1.165, 1.54) is 0 Å². The van der Waals surface area contributed by atoms with Gasteiger partial charge in [0, 0.05) is 6.61 Å². The van der Waals surface area contributed by atoms with E-state index in [1.54, 1.807) is 0 Å². The fourth-order valence-corrected chi connectivity index (χ4v) is 1.94. The van der Waals surface area contributed by atoms with Crippen LogP contribution in [-0.4, -0.2) is 35.5 Å². The molecular formula is C11H20N4O2. The summed E-state index contributed by atoms with van der Waals surface area (Å²) in [6, 6.07) is 0.824. The third-order valence-electron chi connectivity index (χ3n) is 3.01. The molecule has 1 aliphatic heterocycles. The molecule has 0 aromatic carbocycles. The summed E-state index contributed by atoms with van der Waals surface area (Å²) >= 11 is 0. The maximum absolute atomic E-state index is 5.56. The molecule has 2 rings (SSSR count). The Kier molecular flexibility index (Phi) is 3.96. The molecule has 1 fully saturated rings. The van der Waals surface area contributed by atoms with Crippen molar-refractivity contribution < 1.29 is 9.15 Å². The van der Waals surface area contributed by atoms with Crippen molar-refractivity contribution in [2.45, 2.75) is 45.4 Å². The van der Waals surface area contributed by atoms with Crippen LogP contribution in [0.2, 0.25) is 0 Å². The van der Waals surface area contributed by atoms with Gasteiger partial charge in [0.15, 0.2) is 0 Å². The molecular weight excluding hydrogens is 220 g/mol. The Morgan fingerprint density at radius 1 is 1.47 bits per heavy atom. The quantitative estimate of drug-likeness (QED) is 0.809. The van der Waals surface area contributed by atoms with Crippen LogP contribution in [0.1, 0.15) is 39.1 Å². The molecule has 6 nitrogen and oxygen atoms in total. The SMILES string of the molecule is CCNC(C)c1nnc(NC2CCOC2C)o1. The van der Waals surface area contributed by atoms with Crippen molar-refractivity contribution in [3.8, 4) is 0 Å². The smallest absolute Gasteiger partial charge is 0.315 e. The van der Waals surface area contributed by atoms with Gasteiger partial charge in [-0.25, -0.2) is 0 Å². The summed E-state index contributed by atoms with van der Waals surface area (Å²) in [4.78, 5) is 0. The van der Waals surface area contributed by atoms with Gasteiger partial charge in [0.05, 0.1) is 18.2 Å². The molecule has 0 bridgehead atoms. The number of hydrogen-bond acceptors (Lipinski definition) is 6. The predicted molar refractivity (Wildman–Crippen MR) is 63.8 cm³/mol. The number of anilines is 1. The number of aromatic nitrogens is 2. The average Bonchev–Trinajstić information content (AvgIpc) is 2.90. The van der Waals surface area contributed by atoms with E-state index >= 15 is 0 Å². The molecule has 3 atom stereocenters. The molecule has 0 aliphatic carbocycles. The maximum Gasteiger partial charge on any atom is 0.315 e. The highest BCUT2D eigenvalue weighted by molar-refractivity contribution is 5.21. The standard InChI is InChI=1S/C11H20N4O2/c1-4-12-7(2)10-14-15-11(17-10)13-9-5-6-16-8(9)3/h7-9,12H,4-6H2,1-3H3,(H,13,15). The van der Waals surface area contributed by atoms with Crippen LogP contribution in [0.4, 0.5) is 6.01 Å². The average molecular weight is 240 g/mol. The summed E-state index contributed by atoms with van der Waals surface area (Å²) in [6.45, 7) is 7.75. The largest absolute Gasteiger partial charge is 0.406 e. The molecule has 0 radical (unpaired) electrons. The summed E-state index contributed by atoms with van der Waals surface area (Å²) < 4.78 is 11.0. The van der Waals surface area contributed by atoms with E-state index in [-0.39, 0.29) is 18.2 Å². The van der Waals surface area contributed by atoms with Gasteiger partial charge in [-0.05, 0) is 26.8 Å². The first-order valence-corrected chi connectivity index (χ1v) is 6.15. The van der Waals surface area contributed by atoms with Crippen LogP contribution >= 0.6 is 0 Å². The lowest BCUT2D eigenvalue weighted by atomic mass is 10.2. The zero-order valence-electron chi connectivity index (χ0n) is 10.6. The molecule has 0 saturated carbocycles. The Morgan fingerprint density at radius 2 is 2.29 bits per heavy atom. The van der Waals surface area contributed by atoms with Crippen LogP contribution in [0.15, 0.2) is 4.42 Å². The fraction of sp³-hybridized carbons (Fsp3) is 0.818. The van der Waals surface area contributed by atoms with E-state index in [0.29, 0.717) is 11.9 Å². The van der Waals surface area contributed by atoms with Crippen molar-refractivity contribution in [3.63, 3.8) is 0 Å². The minimum absolute atomic E-state index is 0.0836. The molecule has 1 saturated heterocycles. The molecule has 1 aromatic rings. The van der Waals surface area contributed by atoms with Gasteiger partial charge in [0.1, 0.15) is 0 Å². The monoisotopic (exact) mass is 240 g/mol. The summed E-state index contributed by atoms with van der Waals surface area (Å²) in [5.74, 6) is 0.612. The first-order chi connectivity index (χ1) is 8.20. The van der Waals surface area contributed by atoms with Crippen molar-refractivity contribution in [2.24, 2.45) is 0 Å². The second-order valence-corrected chi connectivity index (χ2v) is 4.34. The summed E-state index contributed by atoms with van der Waals surface area (Å²) in [5, 5.41) is 14.5.